The molecule has 0 spiro atoms. The number of phenolic OH excluding ortho intramolecular Hbond substituents is 1. The summed E-state index contributed by atoms with van der Waals surface area (Å²) in [4.78, 5) is 26.1. The Bertz CT molecular complexity index is 626. The van der Waals surface area contributed by atoms with Crippen molar-refractivity contribution in [2.75, 3.05) is 4.90 Å². The van der Waals surface area contributed by atoms with Gasteiger partial charge >= 0.3 is 0 Å². The van der Waals surface area contributed by atoms with Crippen LogP contribution in [0.3, 0.4) is 0 Å². The van der Waals surface area contributed by atoms with Crippen LogP contribution in [-0.2, 0) is 9.59 Å². The number of fused-ring (bicyclic) bond motifs is 1. The van der Waals surface area contributed by atoms with Gasteiger partial charge in [-0.25, -0.2) is 4.90 Å². The van der Waals surface area contributed by atoms with E-state index in [2.05, 4.69) is 0 Å². The van der Waals surface area contributed by atoms with E-state index >= 15 is 0 Å². The molecule has 0 bridgehead atoms. The average molecular weight is 292 g/mol. The summed E-state index contributed by atoms with van der Waals surface area (Å²) in [5.41, 5.74) is 0.175. The molecule has 0 saturated carbocycles. The maximum absolute atomic E-state index is 12.5. The Balaban J connectivity index is 2.06. The molecule has 0 radical (unpaired) electrons. The minimum atomic E-state index is -0.342. The highest BCUT2D eigenvalue weighted by Crippen LogP contribution is 2.43. The Morgan fingerprint density at radius 2 is 2.05 bits per heavy atom. The van der Waals surface area contributed by atoms with Crippen molar-refractivity contribution in [1.82, 2.24) is 0 Å². The maximum Gasteiger partial charge on any atom is 0.238 e. The van der Waals surface area contributed by atoms with Crippen LogP contribution in [0, 0.1) is 17.8 Å². The van der Waals surface area contributed by atoms with Gasteiger partial charge in [0, 0.05) is 5.02 Å². The number of anilines is 1. The van der Waals surface area contributed by atoms with Crippen LogP contribution in [0.1, 0.15) is 13.3 Å². The first-order valence-electron chi connectivity index (χ1n) is 6.53. The zero-order valence-corrected chi connectivity index (χ0v) is 11.7. The van der Waals surface area contributed by atoms with E-state index in [1.54, 1.807) is 0 Å². The fraction of sp³-hybridized carbons (Fsp3) is 0.333. The molecular weight excluding hydrogens is 278 g/mol. The van der Waals surface area contributed by atoms with Crippen molar-refractivity contribution in [3.8, 4) is 5.75 Å². The summed E-state index contributed by atoms with van der Waals surface area (Å²) >= 11 is 5.90. The molecule has 20 heavy (non-hydrogen) atoms. The highest BCUT2D eigenvalue weighted by atomic mass is 35.5. The van der Waals surface area contributed by atoms with Crippen LogP contribution < -0.4 is 4.90 Å². The van der Waals surface area contributed by atoms with Crippen LogP contribution in [0.4, 0.5) is 5.69 Å². The number of imide groups is 1. The Labute approximate surface area is 121 Å². The van der Waals surface area contributed by atoms with E-state index in [4.69, 9.17) is 11.6 Å². The lowest BCUT2D eigenvalue weighted by Crippen LogP contribution is -2.31. The normalized spacial score (nSPS) is 28.9. The fourth-order valence-electron chi connectivity index (χ4n) is 3.06. The predicted molar refractivity (Wildman–Crippen MR) is 75.5 cm³/mol. The number of halogens is 1. The lowest BCUT2D eigenvalue weighted by molar-refractivity contribution is -0.122. The topological polar surface area (TPSA) is 57.6 Å². The molecule has 1 aromatic rings. The smallest absolute Gasteiger partial charge is 0.238 e. The van der Waals surface area contributed by atoms with Gasteiger partial charge in [-0.05, 0) is 30.5 Å². The summed E-state index contributed by atoms with van der Waals surface area (Å²) in [6.45, 7) is 1.93. The van der Waals surface area contributed by atoms with Gasteiger partial charge in [0.15, 0.2) is 0 Å². The SMILES string of the molecule is C[C@@H]1C=CC[C@@H]2C(=O)N(c3cc(Cl)ccc3O)C(=O)[C@@H]12. The monoisotopic (exact) mass is 291 g/mol. The quantitative estimate of drug-likeness (QED) is 0.639. The first-order valence-corrected chi connectivity index (χ1v) is 6.91. The standard InChI is InChI=1S/C15H14ClNO3/c1-8-3-2-4-10-13(8)15(20)17(14(10)19)11-7-9(16)5-6-12(11)18/h2-3,5-8,10,13,18H,4H2,1H3/t8-,10+,13+/m1/s1. The Morgan fingerprint density at radius 1 is 1.30 bits per heavy atom. The first-order chi connectivity index (χ1) is 9.50. The minimum Gasteiger partial charge on any atom is -0.506 e. The third-order valence-electron chi connectivity index (χ3n) is 4.05. The number of benzene rings is 1. The van der Waals surface area contributed by atoms with Crippen molar-refractivity contribution in [3.63, 3.8) is 0 Å². The van der Waals surface area contributed by atoms with Crippen LogP contribution in [0.2, 0.25) is 5.02 Å². The lowest BCUT2D eigenvalue weighted by Gasteiger charge is -2.22. The van der Waals surface area contributed by atoms with Gasteiger partial charge in [-0.2, -0.15) is 0 Å². The number of rotatable bonds is 1. The van der Waals surface area contributed by atoms with Gasteiger partial charge in [-0.3, -0.25) is 9.59 Å². The highest BCUT2D eigenvalue weighted by molar-refractivity contribution is 6.31. The van der Waals surface area contributed by atoms with Crippen LogP contribution in [0.5, 0.6) is 5.75 Å². The molecule has 5 heteroatoms. The second kappa shape index (κ2) is 4.63. The molecule has 1 aromatic carbocycles. The lowest BCUT2D eigenvalue weighted by atomic mass is 9.78. The van der Waals surface area contributed by atoms with E-state index in [0.29, 0.717) is 11.4 Å². The minimum absolute atomic E-state index is 0.0246. The van der Waals surface area contributed by atoms with Crippen molar-refractivity contribution in [2.45, 2.75) is 13.3 Å². The van der Waals surface area contributed by atoms with Crippen molar-refractivity contribution in [2.24, 2.45) is 17.8 Å². The van der Waals surface area contributed by atoms with Gasteiger partial charge in [-0.15, -0.1) is 0 Å². The van der Waals surface area contributed by atoms with Crippen LogP contribution >= 0.6 is 11.6 Å². The number of allylic oxidation sites excluding steroid dienone is 2. The fourth-order valence-corrected chi connectivity index (χ4v) is 3.23. The van der Waals surface area contributed by atoms with E-state index in [-0.39, 0.29) is 41.0 Å². The van der Waals surface area contributed by atoms with E-state index in [1.165, 1.54) is 18.2 Å². The summed E-state index contributed by atoms with van der Waals surface area (Å²) in [6, 6.07) is 4.35. The van der Waals surface area contributed by atoms with Crippen molar-refractivity contribution >= 4 is 29.1 Å². The maximum atomic E-state index is 12.5. The molecule has 3 rings (SSSR count). The molecule has 2 amide bonds. The molecular formula is C15H14ClNO3. The van der Waals surface area contributed by atoms with Gasteiger partial charge in [0.25, 0.3) is 0 Å². The summed E-state index contributed by atoms with van der Waals surface area (Å²) in [5.74, 6) is -1.28. The molecule has 2 aliphatic rings. The van der Waals surface area contributed by atoms with E-state index in [0.717, 1.165) is 4.90 Å². The molecule has 3 atom stereocenters. The van der Waals surface area contributed by atoms with Crippen LogP contribution in [0.15, 0.2) is 30.4 Å². The Morgan fingerprint density at radius 3 is 2.75 bits per heavy atom. The predicted octanol–water partition coefficient (Wildman–Crippen LogP) is 2.75. The summed E-state index contributed by atoms with van der Waals surface area (Å²) in [5, 5.41) is 10.3. The molecule has 104 valence electrons. The highest BCUT2D eigenvalue weighted by Gasteiger charge is 2.50. The van der Waals surface area contributed by atoms with Crippen LogP contribution in [-0.4, -0.2) is 16.9 Å². The third kappa shape index (κ3) is 1.83. The molecule has 4 nitrogen and oxygen atoms in total. The van der Waals surface area contributed by atoms with Gasteiger partial charge < -0.3 is 5.11 Å². The van der Waals surface area contributed by atoms with Gasteiger partial charge in [-0.1, -0.05) is 30.7 Å². The second-order valence-electron chi connectivity index (χ2n) is 5.30. The molecule has 1 aliphatic heterocycles. The molecule has 1 heterocycles. The van der Waals surface area contributed by atoms with Gasteiger partial charge in [0.1, 0.15) is 5.75 Å². The molecule has 1 fully saturated rings. The summed E-state index contributed by atoms with van der Waals surface area (Å²) < 4.78 is 0. The summed E-state index contributed by atoms with van der Waals surface area (Å²) in [6.07, 6.45) is 4.48. The Kier molecular flexibility index (Phi) is 3.05. The average Bonchev–Trinajstić information content (AvgIpc) is 2.66. The largest absolute Gasteiger partial charge is 0.506 e. The number of aromatic hydroxyl groups is 1. The number of nitrogens with zero attached hydrogens (tertiary/aromatic N) is 1. The van der Waals surface area contributed by atoms with E-state index < -0.39 is 0 Å². The number of hydrogen-bond acceptors (Lipinski definition) is 3. The zero-order chi connectivity index (χ0) is 14.4. The van der Waals surface area contributed by atoms with E-state index in [1.807, 2.05) is 19.1 Å². The second-order valence-corrected chi connectivity index (χ2v) is 5.74. The zero-order valence-electron chi connectivity index (χ0n) is 10.9. The Hall–Kier alpha value is -1.81. The number of carbonyl (C=O) groups excluding carboxylic acids is 2. The van der Waals surface area contributed by atoms with Gasteiger partial charge in [0.05, 0.1) is 17.5 Å². The first kappa shape index (κ1) is 13.2. The van der Waals surface area contributed by atoms with Crippen LogP contribution in [0.25, 0.3) is 0 Å². The molecule has 1 aliphatic carbocycles. The van der Waals surface area contributed by atoms with E-state index in [9.17, 15) is 14.7 Å². The molecule has 1 N–H and O–H groups in total. The van der Waals surface area contributed by atoms with Crippen molar-refractivity contribution in [1.29, 1.82) is 0 Å². The van der Waals surface area contributed by atoms with Crippen molar-refractivity contribution in [3.05, 3.63) is 35.4 Å². The van der Waals surface area contributed by atoms with Gasteiger partial charge in [0.2, 0.25) is 11.8 Å². The molecule has 0 aromatic heterocycles. The number of carbonyl (C=O) groups is 2. The summed E-state index contributed by atoms with van der Waals surface area (Å²) in [7, 11) is 0. The molecule has 1 saturated heterocycles. The number of phenols is 1. The van der Waals surface area contributed by atoms with Crippen molar-refractivity contribution < 1.29 is 14.7 Å². The number of amides is 2. The number of hydrogen-bond donors (Lipinski definition) is 1. The molecule has 0 unspecified atom stereocenters. The third-order valence-corrected chi connectivity index (χ3v) is 4.29.